The zero-order valence-corrected chi connectivity index (χ0v) is 14.2. The van der Waals surface area contributed by atoms with Gasteiger partial charge >= 0.3 is 5.69 Å². The molecule has 1 aromatic carbocycles. The molecule has 0 bridgehead atoms. The molecule has 0 aromatic heterocycles. The predicted octanol–water partition coefficient (Wildman–Crippen LogP) is 2.26. The minimum atomic E-state index is -0.794. The highest BCUT2D eigenvalue weighted by Crippen LogP contribution is 2.30. The second kappa shape index (κ2) is 8.90. The van der Waals surface area contributed by atoms with Crippen LogP contribution in [0.4, 0.5) is 5.69 Å². The Labute approximate surface area is 145 Å². The van der Waals surface area contributed by atoms with E-state index in [9.17, 15) is 14.9 Å². The summed E-state index contributed by atoms with van der Waals surface area (Å²) in [7, 11) is 0. The quantitative estimate of drug-likeness (QED) is 0.654. The van der Waals surface area contributed by atoms with Crippen molar-refractivity contribution in [3.8, 4) is 5.75 Å². The molecule has 1 aromatic rings. The van der Waals surface area contributed by atoms with Gasteiger partial charge in [0.2, 0.25) is 0 Å². The van der Waals surface area contributed by atoms with E-state index in [1.54, 1.807) is 11.8 Å². The lowest BCUT2D eigenvalue weighted by Gasteiger charge is -2.24. The van der Waals surface area contributed by atoms with Gasteiger partial charge in [0.25, 0.3) is 5.91 Å². The van der Waals surface area contributed by atoms with Crippen molar-refractivity contribution in [1.82, 2.24) is 10.2 Å². The zero-order chi connectivity index (χ0) is 16.1. The first-order valence-corrected chi connectivity index (χ1v) is 7.47. The van der Waals surface area contributed by atoms with Crippen LogP contribution in [-0.4, -0.2) is 48.0 Å². The summed E-state index contributed by atoms with van der Waals surface area (Å²) in [6, 6.07) is 4.12. The Morgan fingerprint density at radius 1 is 1.43 bits per heavy atom. The minimum absolute atomic E-state index is 0. The van der Waals surface area contributed by atoms with Crippen LogP contribution in [-0.2, 0) is 4.79 Å². The smallest absolute Gasteiger partial charge is 0.312 e. The third kappa shape index (κ3) is 5.23. The zero-order valence-electron chi connectivity index (χ0n) is 12.7. The number of nitro groups is 1. The lowest BCUT2D eigenvalue weighted by molar-refractivity contribution is -0.386. The number of hydrogen-bond donors (Lipinski definition) is 1. The van der Waals surface area contributed by atoms with Crippen LogP contribution < -0.4 is 10.1 Å². The Morgan fingerprint density at radius 2 is 2.17 bits per heavy atom. The van der Waals surface area contributed by atoms with Crippen molar-refractivity contribution >= 4 is 35.6 Å². The largest absolute Gasteiger partial charge is 0.474 e. The van der Waals surface area contributed by atoms with Crippen LogP contribution in [0.5, 0.6) is 5.75 Å². The SMILES string of the molecule is CC(Oc1ccc(Cl)cc1[N+](=O)[O-])C(=O)N1CCCNCC1.Cl. The van der Waals surface area contributed by atoms with Crippen LogP contribution in [0.1, 0.15) is 13.3 Å². The van der Waals surface area contributed by atoms with Gasteiger partial charge in [-0.2, -0.15) is 0 Å². The number of nitrogens with zero attached hydrogens (tertiary/aromatic N) is 2. The molecule has 2 rings (SSSR count). The topological polar surface area (TPSA) is 84.7 Å². The number of nitro benzene ring substituents is 1. The number of benzene rings is 1. The van der Waals surface area contributed by atoms with Gasteiger partial charge in [-0.25, -0.2) is 0 Å². The van der Waals surface area contributed by atoms with Gasteiger partial charge in [0, 0.05) is 30.7 Å². The molecule has 1 atom stereocenters. The summed E-state index contributed by atoms with van der Waals surface area (Å²) in [6.45, 7) is 4.47. The number of carbonyl (C=O) groups is 1. The van der Waals surface area contributed by atoms with Gasteiger partial charge in [0.1, 0.15) is 0 Å². The van der Waals surface area contributed by atoms with Gasteiger partial charge < -0.3 is 15.0 Å². The number of ether oxygens (including phenoxy) is 1. The first-order valence-electron chi connectivity index (χ1n) is 7.09. The molecular weight excluding hydrogens is 345 g/mol. The maximum absolute atomic E-state index is 12.4. The van der Waals surface area contributed by atoms with Crippen molar-refractivity contribution in [3.63, 3.8) is 0 Å². The fourth-order valence-electron chi connectivity index (χ4n) is 2.30. The van der Waals surface area contributed by atoms with Crippen molar-refractivity contribution < 1.29 is 14.5 Å². The number of hydrogen-bond acceptors (Lipinski definition) is 5. The molecular formula is C14H19Cl2N3O4. The van der Waals surface area contributed by atoms with E-state index in [2.05, 4.69) is 5.32 Å². The predicted molar refractivity (Wildman–Crippen MR) is 89.5 cm³/mol. The molecule has 1 heterocycles. The van der Waals surface area contributed by atoms with Crippen LogP contribution >= 0.6 is 24.0 Å². The summed E-state index contributed by atoms with van der Waals surface area (Å²) >= 11 is 5.76. The number of rotatable bonds is 4. The third-order valence-corrected chi connectivity index (χ3v) is 3.66. The molecule has 0 saturated carbocycles. The molecule has 0 spiro atoms. The molecule has 1 saturated heterocycles. The van der Waals surface area contributed by atoms with E-state index in [0.717, 1.165) is 19.5 Å². The molecule has 1 unspecified atom stereocenters. The van der Waals surface area contributed by atoms with E-state index in [1.165, 1.54) is 18.2 Å². The van der Waals surface area contributed by atoms with Crippen LogP contribution in [0.25, 0.3) is 0 Å². The first-order chi connectivity index (χ1) is 10.5. The fraction of sp³-hybridized carbons (Fsp3) is 0.500. The van der Waals surface area contributed by atoms with Gasteiger partial charge in [-0.3, -0.25) is 14.9 Å². The molecule has 1 aliphatic heterocycles. The molecule has 1 fully saturated rings. The maximum Gasteiger partial charge on any atom is 0.312 e. The summed E-state index contributed by atoms with van der Waals surface area (Å²) in [5.41, 5.74) is -0.246. The van der Waals surface area contributed by atoms with E-state index in [0.29, 0.717) is 13.1 Å². The fourth-order valence-corrected chi connectivity index (χ4v) is 2.46. The van der Waals surface area contributed by atoms with Crippen LogP contribution in [0.15, 0.2) is 18.2 Å². The molecule has 9 heteroatoms. The van der Waals surface area contributed by atoms with Gasteiger partial charge in [-0.05, 0) is 32.0 Å². The van der Waals surface area contributed by atoms with Crippen molar-refractivity contribution in [1.29, 1.82) is 0 Å². The lowest BCUT2D eigenvalue weighted by Crippen LogP contribution is -2.42. The Morgan fingerprint density at radius 3 is 2.87 bits per heavy atom. The molecule has 1 aliphatic rings. The molecule has 1 N–H and O–H groups in total. The normalized spacial score (nSPS) is 16.0. The Hall–Kier alpha value is -1.57. The second-order valence-corrected chi connectivity index (χ2v) is 5.49. The summed E-state index contributed by atoms with van der Waals surface area (Å²) in [4.78, 5) is 24.6. The molecule has 0 radical (unpaired) electrons. The average Bonchev–Trinajstić information content (AvgIpc) is 2.77. The number of halogens is 2. The highest BCUT2D eigenvalue weighted by atomic mass is 35.5. The van der Waals surface area contributed by atoms with Crippen molar-refractivity contribution in [2.24, 2.45) is 0 Å². The van der Waals surface area contributed by atoms with E-state index in [-0.39, 0.29) is 34.8 Å². The summed E-state index contributed by atoms with van der Waals surface area (Å²) < 4.78 is 5.51. The van der Waals surface area contributed by atoms with Crippen molar-refractivity contribution in [2.45, 2.75) is 19.4 Å². The highest BCUT2D eigenvalue weighted by Gasteiger charge is 2.25. The molecule has 1 amide bonds. The van der Waals surface area contributed by atoms with Crippen LogP contribution in [0.3, 0.4) is 0 Å². The minimum Gasteiger partial charge on any atom is -0.474 e. The van der Waals surface area contributed by atoms with Crippen molar-refractivity contribution in [3.05, 3.63) is 33.3 Å². The summed E-state index contributed by atoms with van der Waals surface area (Å²) in [6.07, 6.45) is 0.0810. The average molecular weight is 364 g/mol. The molecule has 23 heavy (non-hydrogen) atoms. The summed E-state index contributed by atoms with van der Waals surface area (Å²) in [5, 5.41) is 14.5. The van der Waals surface area contributed by atoms with Gasteiger partial charge in [-0.1, -0.05) is 11.6 Å². The van der Waals surface area contributed by atoms with Crippen LogP contribution in [0, 0.1) is 10.1 Å². The molecule has 7 nitrogen and oxygen atoms in total. The standard InChI is InChI=1S/C14H18ClN3O4.ClH/c1-10(14(19)17-7-2-5-16-6-8-17)22-13-4-3-11(15)9-12(13)18(20)21;/h3-4,9-10,16H,2,5-8H2,1H3;1H. The number of amides is 1. The highest BCUT2D eigenvalue weighted by molar-refractivity contribution is 6.30. The summed E-state index contributed by atoms with van der Waals surface area (Å²) in [5.74, 6) is -0.129. The Balaban J connectivity index is 0.00000264. The van der Waals surface area contributed by atoms with Gasteiger partial charge in [-0.15, -0.1) is 12.4 Å². The van der Waals surface area contributed by atoms with E-state index in [1.807, 2.05) is 0 Å². The Bertz CT molecular complexity index is 563. The van der Waals surface area contributed by atoms with Crippen molar-refractivity contribution in [2.75, 3.05) is 26.2 Å². The first kappa shape index (κ1) is 19.5. The molecule has 0 aliphatic carbocycles. The number of nitrogens with one attached hydrogen (secondary N) is 1. The van der Waals surface area contributed by atoms with E-state index >= 15 is 0 Å². The lowest BCUT2D eigenvalue weighted by atomic mass is 10.2. The van der Waals surface area contributed by atoms with Gasteiger partial charge in [0.15, 0.2) is 11.9 Å². The maximum atomic E-state index is 12.4. The second-order valence-electron chi connectivity index (χ2n) is 5.06. The molecule has 128 valence electrons. The van der Waals surface area contributed by atoms with Gasteiger partial charge in [0.05, 0.1) is 4.92 Å². The van der Waals surface area contributed by atoms with E-state index < -0.39 is 11.0 Å². The van der Waals surface area contributed by atoms with E-state index in [4.69, 9.17) is 16.3 Å². The third-order valence-electron chi connectivity index (χ3n) is 3.42. The monoisotopic (exact) mass is 363 g/mol. The van der Waals surface area contributed by atoms with Crippen LogP contribution in [0.2, 0.25) is 5.02 Å². The number of carbonyl (C=O) groups excluding carboxylic acids is 1. The Kier molecular flexibility index (Phi) is 7.54.